The molecule has 0 unspecified atom stereocenters. The number of amides is 2. The van der Waals surface area contributed by atoms with Crippen molar-refractivity contribution in [1.29, 1.82) is 0 Å². The lowest BCUT2D eigenvalue weighted by molar-refractivity contribution is -0.139. The number of hydrogen-bond acceptors (Lipinski definition) is 4. The molecule has 6 nitrogen and oxygen atoms in total. The molecule has 144 valence electrons. The Hall–Kier alpha value is -2.74. The monoisotopic (exact) mass is 392 g/mol. The summed E-state index contributed by atoms with van der Waals surface area (Å²) >= 11 is 1.04. The normalized spacial score (nSPS) is 11.7. The fourth-order valence-electron chi connectivity index (χ4n) is 2.47. The first-order chi connectivity index (χ1) is 12.8. The minimum absolute atomic E-state index is 0.164. The number of carbonyl (C=O) groups is 3. The van der Waals surface area contributed by atoms with Gasteiger partial charge in [-0.05, 0) is 43.2 Å². The molecule has 8 heteroatoms. The Morgan fingerprint density at radius 2 is 1.96 bits per heavy atom. The van der Waals surface area contributed by atoms with Crippen LogP contribution in [0.1, 0.15) is 51.8 Å². The van der Waals surface area contributed by atoms with Crippen LogP contribution < -0.4 is 10.6 Å². The Bertz CT molecular complexity index is 850. The molecule has 0 saturated carbocycles. The number of rotatable bonds is 8. The SMILES string of the molecule is CCCC[C@H](NC(=O)c1sc(NC(=O)c2cccc(F)c2)cc1C)C(=O)O. The lowest BCUT2D eigenvalue weighted by Gasteiger charge is -2.13. The summed E-state index contributed by atoms with van der Waals surface area (Å²) in [7, 11) is 0. The van der Waals surface area contributed by atoms with Gasteiger partial charge in [-0.3, -0.25) is 9.59 Å². The molecule has 2 rings (SSSR count). The van der Waals surface area contributed by atoms with E-state index in [1.807, 2.05) is 6.92 Å². The van der Waals surface area contributed by atoms with E-state index in [1.165, 1.54) is 18.2 Å². The molecular weight excluding hydrogens is 371 g/mol. The largest absolute Gasteiger partial charge is 0.480 e. The summed E-state index contributed by atoms with van der Waals surface area (Å²) in [5, 5.41) is 14.8. The van der Waals surface area contributed by atoms with E-state index in [2.05, 4.69) is 10.6 Å². The summed E-state index contributed by atoms with van der Waals surface area (Å²) in [4.78, 5) is 36.2. The Balaban J connectivity index is 2.09. The molecule has 1 atom stereocenters. The highest BCUT2D eigenvalue weighted by atomic mass is 32.1. The smallest absolute Gasteiger partial charge is 0.326 e. The zero-order valence-corrected chi connectivity index (χ0v) is 15.9. The number of unbranched alkanes of at least 4 members (excludes halogenated alkanes) is 1. The van der Waals surface area contributed by atoms with E-state index >= 15 is 0 Å². The maximum absolute atomic E-state index is 13.2. The van der Waals surface area contributed by atoms with Gasteiger partial charge >= 0.3 is 5.97 Å². The van der Waals surface area contributed by atoms with E-state index in [4.69, 9.17) is 0 Å². The number of nitrogens with one attached hydrogen (secondary N) is 2. The first-order valence-corrected chi connectivity index (χ1v) is 9.34. The van der Waals surface area contributed by atoms with Gasteiger partial charge in [-0.25, -0.2) is 9.18 Å². The Labute approximate surface area is 160 Å². The number of carboxylic acids is 1. The van der Waals surface area contributed by atoms with Gasteiger partial charge in [-0.2, -0.15) is 0 Å². The van der Waals surface area contributed by atoms with Crippen LogP contribution in [0.4, 0.5) is 9.39 Å². The molecule has 0 aliphatic carbocycles. The summed E-state index contributed by atoms with van der Waals surface area (Å²) in [6.45, 7) is 3.64. The molecule has 27 heavy (non-hydrogen) atoms. The number of aryl methyl sites for hydroxylation is 1. The second-order valence-corrected chi connectivity index (χ2v) is 7.15. The van der Waals surface area contributed by atoms with E-state index in [-0.39, 0.29) is 5.56 Å². The van der Waals surface area contributed by atoms with Gasteiger partial charge in [-0.1, -0.05) is 25.8 Å². The standard InChI is InChI=1S/C19H21FN2O4S/c1-3-4-8-14(19(25)26)21-18(24)16-11(2)9-15(27-16)22-17(23)12-6-5-7-13(20)10-12/h5-7,9-10,14H,3-4,8H2,1-2H3,(H,21,24)(H,22,23)(H,25,26)/t14-/m0/s1. The summed E-state index contributed by atoms with van der Waals surface area (Å²) in [6, 6.07) is 5.95. The molecule has 0 fully saturated rings. The maximum atomic E-state index is 13.2. The molecule has 3 N–H and O–H groups in total. The molecule has 0 saturated heterocycles. The second kappa shape index (κ2) is 9.27. The first kappa shape index (κ1) is 20.6. The van der Waals surface area contributed by atoms with Crippen molar-refractivity contribution in [2.75, 3.05) is 5.32 Å². The van der Waals surface area contributed by atoms with Crippen molar-refractivity contribution in [3.63, 3.8) is 0 Å². The molecule has 2 aromatic rings. The van der Waals surface area contributed by atoms with Crippen molar-refractivity contribution in [3.8, 4) is 0 Å². The molecule has 2 amide bonds. The second-order valence-electron chi connectivity index (χ2n) is 6.09. The van der Waals surface area contributed by atoms with Gasteiger partial charge in [0, 0.05) is 5.56 Å². The molecule has 0 aliphatic rings. The number of halogens is 1. The molecule has 1 aromatic carbocycles. The van der Waals surface area contributed by atoms with Crippen molar-refractivity contribution in [1.82, 2.24) is 5.32 Å². The highest BCUT2D eigenvalue weighted by Crippen LogP contribution is 2.27. The third-order valence-corrected chi connectivity index (χ3v) is 5.05. The van der Waals surface area contributed by atoms with E-state index in [0.717, 1.165) is 23.8 Å². The third-order valence-electron chi connectivity index (χ3n) is 3.90. The van der Waals surface area contributed by atoms with E-state index in [1.54, 1.807) is 13.0 Å². The van der Waals surface area contributed by atoms with Gasteiger partial charge in [0.05, 0.1) is 9.88 Å². The Kier molecular flexibility index (Phi) is 7.06. The van der Waals surface area contributed by atoms with Crippen molar-refractivity contribution in [3.05, 3.63) is 52.2 Å². The van der Waals surface area contributed by atoms with Gasteiger partial charge in [0.1, 0.15) is 11.9 Å². The van der Waals surface area contributed by atoms with Crippen LogP contribution in [0.15, 0.2) is 30.3 Å². The number of carbonyl (C=O) groups excluding carboxylic acids is 2. The highest BCUT2D eigenvalue weighted by molar-refractivity contribution is 7.18. The van der Waals surface area contributed by atoms with E-state index < -0.39 is 29.6 Å². The number of aliphatic carboxylic acids is 1. The maximum Gasteiger partial charge on any atom is 0.326 e. The van der Waals surface area contributed by atoms with Gasteiger partial charge < -0.3 is 15.7 Å². The molecule has 0 radical (unpaired) electrons. The lowest BCUT2D eigenvalue weighted by atomic mass is 10.1. The van der Waals surface area contributed by atoms with Crippen LogP contribution in [0.5, 0.6) is 0 Å². The zero-order chi connectivity index (χ0) is 20.0. The van der Waals surface area contributed by atoms with Crippen molar-refractivity contribution in [2.24, 2.45) is 0 Å². The Morgan fingerprint density at radius 1 is 1.22 bits per heavy atom. The number of benzene rings is 1. The van der Waals surface area contributed by atoms with Crippen LogP contribution in [0, 0.1) is 12.7 Å². The number of hydrogen-bond donors (Lipinski definition) is 3. The molecule has 0 spiro atoms. The van der Waals surface area contributed by atoms with Gasteiger partial charge in [0.2, 0.25) is 0 Å². The van der Waals surface area contributed by atoms with Crippen LogP contribution in [-0.4, -0.2) is 28.9 Å². The van der Waals surface area contributed by atoms with Gasteiger partial charge in [-0.15, -0.1) is 11.3 Å². The average Bonchev–Trinajstić information content (AvgIpc) is 2.98. The predicted octanol–water partition coefficient (Wildman–Crippen LogP) is 3.82. The number of anilines is 1. The van der Waals surface area contributed by atoms with Crippen LogP contribution >= 0.6 is 11.3 Å². The Morgan fingerprint density at radius 3 is 2.59 bits per heavy atom. The number of carboxylic acid groups (broad SMARTS) is 1. The summed E-state index contributed by atoms with van der Waals surface area (Å²) < 4.78 is 13.2. The highest BCUT2D eigenvalue weighted by Gasteiger charge is 2.22. The average molecular weight is 392 g/mol. The predicted molar refractivity (Wildman–Crippen MR) is 102 cm³/mol. The molecule has 0 aliphatic heterocycles. The van der Waals surface area contributed by atoms with Crippen molar-refractivity contribution < 1.29 is 23.9 Å². The summed E-state index contributed by atoms with van der Waals surface area (Å²) in [5.41, 5.74) is 0.782. The van der Waals surface area contributed by atoms with E-state index in [9.17, 15) is 23.9 Å². The van der Waals surface area contributed by atoms with Crippen molar-refractivity contribution >= 4 is 34.1 Å². The van der Waals surface area contributed by atoms with E-state index in [0.29, 0.717) is 28.3 Å². The van der Waals surface area contributed by atoms with Crippen LogP contribution in [-0.2, 0) is 4.79 Å². The van der Waals surface area contributed by atoms with Gasteiger partial charge in [0.15, 0.2) is 0 Å². The zero-order valence-electron chi connectivity index (χ0n) is 15.0. The minimum atomic E-state index is -1.08. The number of thiophene rings is 1. The minimum Gasteiger partial charge on any atom is -0.480 e. The quantitative estimate of drug-likeness (QED) is 0.636. The van der Waals surface area contributed by atoms with Gasteiger partial charge in [0.25, 0.3) is 11.8 Å². The molecule has 1 heterocycles. The molecular formula is C19H21FN2O4S. The fraction of sp³-hybridized carbons (Fsp3) is 0.316. The van der Waals surface area contributed by atoms with Crippen LogP contribution in [0.25, 0.3) is 0 Å². The summed E-state index contributed by atoms with van der Waals surface area (Å²) in [5.74, 6) is -2.58. The van der Waals surface area contributed by atoms with Crippen LogP contribution in [0.2, 0.25) is 0 Å². The fourth-order valence-corrected chi connectivity index (χ4v) is 3.44. The molecule has 1 aromatic heterocycles. The third kappa shape index (κ3) is 5.62. The lowest BCUT2D eigenvalue weighted by Crippen LogP contribution is -2.40. The topological polar surface area (TPSA) is 95.5 Å². The first-order valence-electron chi connectivity index (χ1n) is 8.52. The molecule has 0 bridgehead atoms. The summed E-state index contributed by atoms with van der Waals surface area (Å²) in [6.07, 6.45) is 1.87. The van der Waals surface area contributed by atoms with Crippen molar-refractivity contribution in [2.45, 2.75) is 39.2 Å². The van der Waals surface area contributed by atoms with Crippen LogP contribution in [0.3, 0.4) is 0 Å².